The molecule has 1 amide bonds. The number of carbonyl (C=O) groups is 1. The first-order valence-electron chi connectivity index (χ1n) is 3.40. The minimum Gasteiger partial charge on any atom is -0.431 e. The van der Waals surface area contributed by atoms with Crippen LogP contribution in [0.4, 0.5) is 0 Å². The van der Waals surface area contributed by atoms with Crippen LogP contribution in [0.2, 0.25) is 5.22 Å². The minimum atomic E-state index is -3.98. The van der Waals surface area contributed by atoms with Crippen molar-refractivity contribution in [2.75, 3.05) is 7.05 Å². The van der Waals surface area contributed by atoms with Crippen LogP contribution in [0.5, 0.6) is 0 Å². The van der Waals surface area contributed by atoms with E-state index in [-0.39, 0.29) is 10.8 Å². The van der Waals surface area contributed by atoms with Gasteiger partial charge in [-0.2, -0.15) is 0 Å². The lowest BCUT2D eigenvalue weighted by Gasteiger charge is -1.92. The van der Waals surface area contributed by atoms with E-state index in [4.69, 9.17) is 16.7 Å². The Morgan fingerprint density at radius 3 is 2.57 bits per heavy atom. The Hall–Kier alpha value is -1.05. The molecular weight excluding hydrogens is 232 g/mol. The Kier molecular flexibility index (Phi) is 2.84. The largest absolute Gasteiger partial charge is 0.431 e. The Balaban J connectivity index is 3.25. The molecule has 1 aromatic rings. The van der Waals surface area contributed by atoms with Crippen LogP contribution in [0.15, 0.2) is 15.6 Å². The monoisotopic (exact) mass is 238 g/mol. The van der Waals surface area contributed by atoms with Crippen molar-refractivity contribution in [1.82, 2.24) is 5.32 Å². The van der Waals surface area contributed by atoms with Gasteiger partial charge in [0.15, 0.2) is 0 Å². The normalized spacial score (nSPS) is 11.4. The second-order valence-corrected chi connectivity index (χ2v) is 4.21. The first-order valence-corrected chi connectivity index (χ1v) is 5.33. The number of amides is 1. The molecule has 0 aliphatic heterocycles. The first-order chi connectivity index (χ1) is 6.36. The highest BCUT2D eigenvalue weighted by Crippen LogP contribution is 2.23. The number of rotatable bonds is 2. The van der Waals surface area contributed by atoms with E-state index >= 15 is 0 Å². The van der Waals surface area contributed by atoms with Crippen LogP contribution < -0.4 is 10.5 Å². The zero-order chi connectivity index (χ0) is 10.9. The highest BCUT2D eigenvalue weighted by atomic mass is 35.5. The van der Waals surface area contributed by atoms with Crippen LogP contribution in [-0.4, -0.2) is 21.4 Å². The quantitative estimate of drug-likeness (QED) is 0.753. The molecule has 0 aromatic carbocycles. The lowest BCUT2D eigenvalue weighted by atomic mass is 10.3. The maximum absolute atomic E-state index is 11.1. The lowest BCUT2D eigenvalue weighted by Crippen LogP contribution is -2.17. The molecule has 1 aromatic heterocycles. The second-order valence-electron chi connectivity index (χ2n) is 2.38. The number of nitrogens with one attached hydrogen (secondary N) is 1. The fourth-order valence-corrected chi connectivity index (χ4v) is 1.53. The van der Waals surface area contributed by atoms with Gasteiger partial charge in [-0.25, -0.2) is 13.6 Å². The smallest absolute Gasteiger partial charge is 0.271 e. The fraction of sp³-hybridized carbons (Fsp3) is 0.167. The van der Waals surface area contributed by atoms with E-state index in [0.29, 0.717) is 0 Å². The summed E-state index contributed by atoms with van der Waals surface area (Å²) < 4.78 is 26.2. The summed E-state index contributed by atoms with van der Waals surface area (Å²) in [5.74, 6) is -0.548. The van der Waals surface area contributed by atoms with Gasteiger partial charge in [-0.15, -0.1) is 0 Å². The summed E-state index contributed by atoms with van der Waals surface area (Å²) in [7, 11) is -2.60. The van der Waals surface area contributed by atoms with Gasteiger partial charge in [-0.1, -0.05) is 0 Å². The van der Waals surface area contributed by atoms with Crippen molar-refractivity contribution in [2.45, 2.75) is 5.09 Å². The molecule has 0 atom stereocenters. The van der Waals surface area contributed by atoms with Crippen LogP contribution in [0.25, 0.3) is 0 Å². The van der Waals surface area contributed by atoms with Crippen LogP contribution >= 0.6 is 11.6 Å². The van der Waals surface area contributed by atoms with Gasteiger partial charge in [0.1, 0.15) is 0 Å². The average Bonchev–Trinajstić information content (AvgIpc) is 2.45. The average molecular weight is 239 g/mol. The number of nitrogens with two attached hydrogens (primary N) is 1. The molecule has 0 spiro atoms. The molecule has 6 nitrogen and oxygen atoms in total. The van der Waals surface area contributed by atoms with E-state index in [1.165, 1.54) is 7.05 Å². The molecule has 78 valence electrons. The van der Waals surface area contributed by atoms with E-state index < -0.39 is 21.0 Å². The second kappa shape index (κ2) is 3.60. The molecule has 0 saturated carbocycles. The van der Waals surface area contributed by atoms with Gasteiger partial charge in [0.25, 0.3) is 15.9 Å². The summed E-state index contributed by atoms with van der Waals surface area (Å²) in [4.78, 5) is 11.1. The van der Waals surface area contributed by atoms with Crippen molar-refractivity contribution in [3.8, 4) is 0 Å². The zero-order valence-corrected chi connectivity index (χ0v) is 8.65. The number of hydrogen-bond acceptors (Lipinski definition) is 4. The Labute approximate surface area is 85.1 Å². The van der Waals surface area contributed by atoms with E-state index in [0.717, 1.165) is 6.07 Å². The maximum atomic E-state index is 11.1. The van der Waals surface area contributed by atoms with Crippen molar-refractivity contribution < 1.29 is 17.6 Å². The third-order valence-corrected chi connectivity index (χ3v) is 2.46. The van der Waals surface area contributed by atoms with E-state index in [2.05, 4.69) is 9.73 Å². The van der Waals surface area contributed by atoms with Gasteiger partial charge in [0, 0.05) is 13.1 Å². The van der Waals surface area contributed by atoms with Gasteiger partial charge in [-0.05, 0) is 11.6 Å². The predicted octanol–water partition coefficient (Wildman–Crippen LogP) is -0.0600. The Morgan fingerprint density at radius 1 is 1.64 bits per heavy atom. The molecule has 0 fully saturated rings. The Bertz CT molecular complexity index is 464. The molecule has 3 N–H and O–H groups in total. The van der Waals surface area contributed by atoms with E-state index in [1.807, 2.05) is 0 Å². The molecular formula is C6H7ClN2O4S. The summed E-state index contributed by atoms with van der Waals surface area (Å²) in [6.07, 6.45) is 0. The summed E-state index contributed by atoms with van der Waals surface area (Å²) in [6, 6.07) is 0.969. The predicted molar refractivity (Wildman–Crippen MR) is 48.5 cm³/mol. The molecule has 0 bridgehead atoms. The Morgan fingerprint density at radius 2 is 2.21 bits per heavy atom. The van der Waals surface area contributed by atoms with E-state index in [9.17, 15) is 13.2 Å². The number of sulfonamides is 1. The SMILES string of the molecule is CNC(=O)c1cc(S(N)(=O)=O)oc1Cl. The van der Waals surface area contributed by atoms with Crippen molar-refractivity contribution in [2.24, 2.45) is 5.14 Å². The third kappa shape index (κ3) is 2.06. The van der Waals surface area contributed by atoms with Gasteiger partial charge in [0.2, 0.25) is 10.3 Å². The zero-order valence-electron chi connectivity index (χ0n) is 7.07. The molecule has 14 heavy (non-hydrogen) atoms. The van der Waals surface area contributed by atoms with Gasteiger partial charge < -0.3 is 9.73 Å². The van der Waals surface area contributed by atoms with Crippen LogP contribution in [0, 0.1) is 0 Å². The van der Waals surface area contributed by atoms with Gasteiger partial charge >= 0.3 is 0 Å². The van der Waals surface area contributed by atoms with Crippen molar-refractivity contribution in [3.05, 3.63) is 16.8 Å². The first kappa shape index (κ1) is 11.0. The van der Waals surface area contributed by atoms with Gasteiger partial charge in [0.05, 0.1) is 5.56 Å². The lowest BCUT2D eigenvalue weighted by molar-refractivity contribution is 0.0962. The number of furan rings is 1. The summed E-state index contributed by atoms with van der Waals surface area (Å²) in [5, 5.41) is 6.18. The van der Waals surface area contributed by atoms with Crippen LogP contribution in [-0.2, 0) is 10.0 Å². The van der Waals surface area contributed by atoms with Crippen molar-refractivity contribution in [1.29, 1.82) is 0 Å². The van der Waals surface area contributed by atoms with Crippen LogP contribution in [0.1, 0.15) is 10.4 Å². The molecule has 0 aliphatic carbocycles. The molecule has 1 rings (SSSR count). The minimum absolute atomic E-state index is 0.0711. The molecule has 0 aliphatic rings. The third-order valence-electron chi connectivity index (χ3n) is 1.42. The number of hydrogen-bond donors (Lipinski definition) is 2. The molecule has 0 saturated heterocycles. The summed E-state index contributed by atoms with van der Waals surface area (Å²) in [6.45, 7) is 0. The number of primary sulfonamides is 1. The van der Waals surface area contributed by atoms with Crippen LogP contribution in [0.3, 0.4) is 0 Å². The summed E-state index contributed by atoms with van der Waals surface area (Å²) >= 11 is 5.48. The van der Waals surface area contributed by atoms with Crippen molar-refractivity contribution >= 4 is 27.5 Å². The molecule has 0 radical (unpaired) electrons. The number of carbonyl (C=O) groups excluding carboxylic acids is 1. The highest BCUT2D eigenvalue weighted by molar-refractivity contribution is 7.89. The van der Waals surface area contributed by atoms with Gasteiger partial charge in [-0.3, -0.25) is 4.79 Å². The molecule has 1 heterocycles. The number of halogens is 1. The highest BCUT2D eigenvalue weighted by Gasteiger charge is 2.21. The fourth-order valence-electron chi connectivity index (χ4n) is 0.777. The van der Waals surface area contributed by atoms with E-state index in [1.54, 1.807) is 0 Å². The maximum Gasteiger partial charge on any atom is 0.271 e. The molecule has 8 heteroatoms. The summed E-state index contributed by atoms with van der Waals surface area (Å²) in [5.41, 5.74) is -0.0711. The molecule has 0 unspecified atom stereocenters. The van der Waals surface area contributed by atoms with Crippen molar-refractivity contribution in [3.63, 3.8) is 0 Å². The topological polar surface area (TPSA) is 102 Å². The standard InChI is InChI=1S/C6H7ClN2O4S/c1-9-6(10)3-2-4(13-5(3)7)14(8,11)12/h2H,1H3,(H,9,10)(H2,8,11,12).